The first-order valence-corrected chi connectivity index (χ1v) is 7.60. The molecule has 5 heteroatoms. The fourth-order valence-corrected chi connectivity index (χ4v) is 2.35. The Hall–Kier alpha value is -2.56. The summed E-state index contributed by atoms with van der Waals surface area (Å²) in [5.41, 5.74) is 1.54. The first kappa shape index (κ1) is 16.8. The van der Waals surface area contributed by atoms with E-state index in [0.29, 0.717) is 12.1 Å². The van der Waals surface area contributed by atoms with Gasteiger partial charge in [-0.3, -0.25) is 9.59 Å². The molecule has 2 aromatic rings. The molecule has 0 fully saturated rings. The molecule has 122 valence electrons. The van der Waals surface area contributed by atoms with Gasteiger partial charge in [0.25, 0.3) is 5.91 Å². The molecule has 0 radical (unpaired) electrons. The van der Waals surface area contributed by atoms with Gasteiger partial charge in [0.15, 0.2) is 0 Å². The van der Waals surface area contributed by atoms with Crippen LogP contribution < -0.4 is 0 Å². The van der Waals surface area contributed by atoms with Crippen molar-refractivity contribution in [3.05, 3.63) is 54.4 Å². The van der Waals surface area contributed by atoms with E-state index in [1.807, 2.05) is 55.1 Å². The predicted molar refractivity (Wildman–Crippen MR) is 88.5 cm³/mol. The van der Waals surface area contributed by atoms with Gasteiger partial charge in [-0.05, 0) is 42.3 Å². The van der Waals surface area contributed by atoms with E-state index >= 15 is 0 Å². The second kappa shape index (κ2) is 7.63. The highest BCUT2D eigenvalue weighted by Crippen LogP contribution is 2.13. The van der Waals surface area contributed by atoms with Crippen LogP contribution in [0.5, 0.6) is 0 Å². The number of rotatable bonds is 6. The summed E-state index contributed by atoms with van der Waals surface area (Å²) in [4.78, 5) is 25.7. The number of aromatic nitrogens is 1. The van der Waals surface area contributed by atoms with Crippen LogP contribution in [0.15, 0.2) is 48.8 Å². The maximum absolute atomic E-state index is 12.6. The van der Waals surface area contributed by atoms with E-state index in [0.717, 1.165) is 5.69 Å². The molecular weight excluding hydrogens is 292 g/mol. The third-order valence-corrected chi connectivity index (χ3v) is 3.44. The number of hydrogen-bond donors (Lipinski definition) is 0. The molecule has 0 bridgehead atoms. The second-order valence-electron chi connectivity index (χ2n) is 5.79. The fraction of sp³-hybridized carbons (Fsp3) is 0.333. The smallest absolute Gasteiger partial charge is 0.325 e. The van der Waals surface area contributed by atoms with Crippen molar-refractivity contribution in [1.29, 1.82) is 0 Å². The Bertz CT molecular complexity index is 645. The molecule has 0 N–H and O–H groups in total. The molecule has 0 spiro atoms. The van der Waals surface area contributed by atoms with Crippen molar-refractivity contribution >= 4 is 11.9 Å². The summed E-state index contributed by atoms with van der Waals surface area (Å²) in [7, 11) is 1.33. The molecule has 1 heterocycles. The Morgan fingerprint density at radius 3 is 2.26 bits per heavy atom. The van der Waals surface area contributed by atoms with Crippen LogP contribution in [0.25, 0.3) is 5.69 Å². The summed E-state index contributed by atoms with van der Waals surface area (Å²) in [6.07, 6.45) is 3.89. The molecule has 0 unspecified atom stereocenters. The minimum atomic E-state index is -0.414. The van der Waals surface area contributed by atoms with Gasteiger partial charge in [-0.1, -0.05) is 13.8 Å². The number of methoxy groups -OCH3 is 1. The standard InChI is InChI=1S/C18H22N2O3/c1-14(2)12-20(13-17(21)23-3)18(22)15-6-8-16(9-7-15)19-10-4-5-11-19/h4-11,14H,12-13H2,1-3H3. The highest BCUT2D eigenvalue weighted by molar-refractivity contribution is 5.96. The summed E-state index contributed by atoms with van der Waals surface area (Å²) in [5, 5.41) is 0. The topological polar surface area (TPSA) is 51.5 Å². The predicted octanol–water partition coefficient (Wildman–Crippen LogP) is 2.75. The quantitative estimate of drug-likeness (QED) is 0.770. The van der Waals surface area contributed by atoms with Crippen molar-refractivity contribution < 1.29 is 14.3 Å². The van der Waals surface area contributed by atoms with Gasteiger partial charge in [-0.25, -0.2) is 0 Å². The van der Waals surface area contributed by atoms with Crippen molar-refractivity contribution in [1.82, 2.24) is 9.47 Å². The van der Waals surface area contributed by atoms with Gasteiger partial charge in [0.05, 0.1) is 7.11 Å². The lowest BCUT2D eigenvalue weighted by Crippen LogP contribution is -2.38. The van der Waals surface area contributed by atoms with Crippen LogP contribution in [-0.2, 0) is 9.53 Å². The van der Waals surface area contributed by atoms with Crippen molar-refractivity contribution in [2.24, 2.45) is 5.92 Å². The summed E-state index contributed by atoms with van der Waals surface area (Å²) in [5.74, 6) is -0.311. The minimum Gasteiger partial charge on any atom is -0.468 e. The van der Waals surface area contributed by atoms with Crippen LogP contribution in [0.4, 0.5) is 0 Å². The zero-order valence-corrected chi connectivity index (χ0v) is 13.7. The van der Waals surface area contributed by atoms with Gasteiger partial charge in [-0.15, -0.1) is 0 Å². The lowest BCUT2D eigenvalue weighted by atomic mass is 10.1. The summed E-state index contributed by atoms with van der Waals surface area (Å²) >= 11 is 0. The van der Waals surface area contributed by atoms with E-state index < -0.39 is 5.97 Å². The van der Waals surface area contributed by atoms with Gasteiger partial charge in [0.2, 0.25) is 0 Å². The van der Waals surface area contributed by atoms with Gasteiger partial charge in [0, 0.05) is 30.2 Å². The average Bonchev–Trinajstić information content (AvgIpc) is 3.07. The molecule has 0 saturated heterocycles. The van der Waals surface area contributed by atoms with Gasteiger partial charge < -0.3 is 14.2 Å². The Balaban J connectivity index is 2.16. The number of ether oxygens (including phenoxy) is 1. The fourth-order valence-electron chi connectivity index (χ4n) is 2.35. The molecule has 0 aliphatic heterocycles. The van der Waals surface area contributed by atoms with Crippen molar-refractivity contribution in [2.45, 2.75) is 13.8 Å². The van der Waals surface area contributed by atoms with Crippen molar-refractivity contribution in [3.8, 4) is 5.69 Å². The summed E-state index contributed by atoms with van der Waals surface area (Å²) < 4.78 is 6.65. The highest BCUT2D eigenvalue weighted by atomic mass is 16.5. The van der Waals surface area contributed by atoms with Gasteiger partial charge in [0.1, 0.15) is 6.54 Å². The average molecular weight is 314 g/mol. The first-order chi connectivity index (χ1) is 11.0. The van der Waals surface area contributed by atoms with E-state index in [9.17, 15) is 9.59 Å². The normalized spacial score (nSPS) is 10.6. The SMILES string of the molecule is COC(=O)CN(CC(C)C)C(=O)c1ccc(-n2cccc2)cc1. The van der Waals surface area contributed by atoms with Crippen molar-refractivity contribution in [2.75, 3.05) is 20.2 Å². The van der Waals surface area contributed by atoms with E-state index in [-0.39, 0.29) is 18.4 Å². The molecular formula is C18H22N2O3. The van der Waals surface area contributed by atoms with E-state index in [1.54, 1.807) is 12.1 Å². The first-order valence-electron chi connectivity index (χ1n) is 7.60. The Kier molecular flexibility index (Phi) is 5.57. The van der Waals surface area contributed by atoms with Crippen LogP contribution in [0, 0.1) is 5.92 Å². The molecule has 0 aliphatic carbocycles. The lowest BCUT2D eigenvalue weighted by molar-refractivity contribution is -0.141. The maximum atomic E-state index is 12.6. The Morgan fingerprint density at radius 2 is 1.74 bits per heavy atom. The van der Waals surface area contributed by atoms with Crippen LogP contribution >= 0.6 is 0 Å². The summed E-state index contributed by atoms with van der Waals surface area (Å²) in [6.45, 7) is 4.49. The highest BCUT2D eigenvalue weighted by Gasteiger charge is 2.20. The van der Waals surface area contributed by atoms with E-state index in [1.165, 1.54) is 12.0 Å². The number of hydrogen-bond acceptors (Lipinski definition) is 3. The van der Waals surface area contributed by atoms with Crippen LogP contribution in [0.2, 0.25) is 0 Å². The number of amides is 1. The number of benzene rings is 1. The number of carbonyl (C=O) groups excluding carboxylic acids is 2. The second-order valence-corrected chi connectivity index (χ2v) is 5.79. The number of nitrogens with zero attached hydrogens (tertiary/aromatic N) is 2. The monoisotopic (exact) mass is 314 g/mol. The third kappa shape index (κ3) is 4.45. The number of carbonyl (C=O) groups is 2. The van der Waals surface area contributed by atoms with Crippen LogP contribution in [0.3, 0.4) is 0 Å². The summed E-state index contributed by atoms with van der Waals surface area (Å²) in [6, 6.07) is 11.2. The third-order valence-electron chi connectivity index (χ3n) is 3.44. The Morgan fingerprint density at radius 1 is 1.13 bits per heavy atom. The lowest BCUT2D eigenvalue weighted by Gasteiger charge is -2.23. The Labute approximate surface area is 136 Å². The minimum absolute atomic E-state index is 0.0349. The molecule has 23 heavy (non-hydrogen) atoms. The number of esters is 1. The van der Waals surface area contributed by atoms with Gasteiger partial charge in [-0.2, -0.15) is 0 Å². The molecule has 1 aromatic heterocycles. The van der Waals surface area contributed by atoms with Crippen molar-refractivity contribution in [3.63, 3.8) is 0 Å². The molecule has 2 rings (SSSR count). The molecule has 0 aliphatic rings. The molecule has 1 aromatic carbocycles. The zero-order chi connectivity index (χ0) is 16.8. The van der Waals surface area contributed by atoms with Crippen LogP contribution in [0.1, 0.15) is 24.2 Å². The molecule has 5 nitrogen and oxygen atoms in total. The maximum Gasteiger partial charge on any atom is 0.325 e. The van der Waals surface area contributed by atoms with Crippen LogP contribution in [-0.4, -0.2) is 41.5 Å². The van der Waals surface area contributed by atoms with E-state index in [4.69, 9.17) is 0 Å². The largest absolute Gasteiger partial charge is 0.468 e. The molecule has 0 atom stereocenters. The molecule has 0 saturated carbocycles. The zero-order valence-electron chi connectivity index (χ0n) is 13.7. The molecule has 1 amide bonds. The van der Waals surface area contributed by atoms with E-state index in [2.05, 4.69) is 4.74 Å². The van der Waals surface area contributed by atoms with Gasteiger partial charge >= 0.3 is 5.97 Å².